The van der Waals surface area contributed by atoms with Gasteiger partial charge in [0.1, 0.15) is 42.0 Å². The number of hydrogen-bond acceptors (Lipinski definition) is 14. The van der Waals surface area contributed by atoms with Crippen LogP contribution in [0.4, 0.5) is 0 Å². The molecule has 18 nitrogen and oxygen atoms in total. The van der Waals surface area contributed by atoms with Gasteiger partial charge < -0.3 is 53.4 Å². The van der Waals surface area contributed by atoms with Crippen molar-refractivity contribution in [1.82, 2.24) is 20.4 Å². The summed E-state index contributed by atoms with van der Waals surface area (Å²) < 4.78 is 46.4. The summed E-state index contributed by atoms with van der Waals surface area (Å²) in [4.78, 5) is 84.1. The van der Waals surface area contributed by atoms with Crippen LogP contribution in [0.2, 0.25) is 0 Å². The summed E-state index contributed by atoms with van der Waals surface area (Å²) in [6, 6.07) is 19.5. The molecule has 3 aliphatic heterocycles. The largest absolute Gasteiger partial charge is 0.496 e. The van der Waals surface area contributed by atoms with E-state index >= 15 is 0 Å². The number of piperidine rings is 2. The highest BCUT2D eigenvalue weighted by atomic mass is 16.6. The molecule has 4 aromatic rings. The zero-order valence-corrected chi connectivity index (χ0v) is 43.0. The van der Waals surface area contributed by atoms with Gasteiger partial charge in [0, 0.05) is 24.4 Å². The Morgan fingerprint density at radius 3 is 2.26 bits per heavy atom. The number of likely N-dealkylation sites (tertiary alicyclic amines) is 1. The third-order valence-corrected chi connectivity index (χ3v) is 13.5. The summed E-state index contributed by atoms with van der Waals surface area (Å²) in [6.45, 7) is 8.12. The number of hydrogen-bond donors (Lipinski definition) is 2. The summed E-state index contributed by atoms with van der Waals surface area (Å²) in [5, 5.41) is 5.41. The second kappa shape index (κ2) is 25.4. The Morgan fingerprint density at radius 1 is 0.797 bits per heavy atom. The van der Waals surface area contributed by atoms with Gasteiger partial charge in [0.2, 0.25) is 17.6 Å². The summed E-state index contributed by atoms with van der Waals surface area (Å²) in [5.41, 5.74) is 3.97. The third kappa shape index (κ3) is 12.4. The van der Waals surface area contributed by atoms with Gasteiger partial charge >= 0.3 is 5.97 Å². The van der Waals surface area contributed by atoms with Crippen molar-refractivity contribution < 1.29 is 66.7 Å². The van der Waals surface area contributed by atoms with E-state index in [4.69, 9.17) is 37.9 Å². The third-order valence-electron chi connectivity index (χ3n) is 13.5. The molecule has 0 aromatic heterocycles. The van der Waals surface area contributed by atoms with Crippen LogP contribution in [0.25, 0.3) is 0 Å². The fourth-order valence-electron chi connectivity index (χ4n) is 9.64. The Labute approximate surface area is 431 Å². The summed E-state index contributed by atoms with van der Waals surface area (Å²) in [7, 11) is 6.17. The van der Waals surface area contributed by atoms with E-state index in [0.717, 1.165) is 34.6 Å². The molecule has 5 amide bonds. The molecule has 0 saturated carbocycles. The topological polar surface area (TPSA) is 207 Å². The van der Waals surface area contributed by atoms with E-state index in [1.165, 1.54) is 27.4 Å². The summed E-state index contributed by atoms with van der Waals surface area (Å²) >= 11 is 0. The Bertz CT molecular complexity index is 2700. The zero-order chi connectivity index (χ0) is 52.9. The number of carbonyl (C=O) groups is 6. The maximum atomic E-state index is 14.6. The van der Waals surface area contributed by atoms with Crippen LogP contribution in [0.5, 0.6) is 34.5 Å². The number of nitrogens with zero attached hydrogens (tertiary/aromatic N) is 2. The van der Waals surface area contributed by atoms with Gasteiger partial charge in [-0.2, -0.15) is 0 Å². The van der Waals surface area contributed by atoms with Crippen molar-refractivity contribution in [2.45, 2.75) is 89.3 Å². The van der Waals surface area contributed by atoms with Crippen LogP contribution in [-0.4, -0.2) is 125 Å². The minimum absolute atomic E-state index is 0.0437. The fraction of sp³-hybridized carbons (Fsp3) is 0.429. The monoisotopic (exact) mass is 1020 g/mol. The summed E-state index contributed by atoms with van der Waals surface area (Å²) in [6.07, 6.45) is 3.09. The van der Waals surface area contributed by atoms with Gasteiger partial charge in [-0.05, 0) is 111 Å². The average Bonchev–Trinajstić information content (AvgIpc) is 3.67. The molecular formula is C56H66N4O14. The normalized spacial score (nSPS) is 17.2. The number of imide groups is 1. The highest BCUT2D eigenvalue weighted by Gasteiger charge is 2.45. The maximum absolute atomic E-state index is 14.6. The first-order valence-electron chi connectivity index (χ1n) is 24.9. The number of para-hydroxylation sites is 1. The Hall–Kier alpha value is -7.60. The first-order chi connectivity index (χ1) is 35.8. The van der Waals surface area contributed by atoms with E-state index in [1.54, 1.807) is 54.5 Å². The van der Waals surface area contributed by atoms with Gasteiger partial charge in [-0.25, -0.2) is 4.79 Å². The molecule has 74 heavy (non-hydrogen) atoms. The van der Waals surface area contributed by atoms with Gasteiger partial charge in [-0.15, -0.1) is 0 Å². The lowest BCUT2D eigenvalue weighted by molar-refractivity contribution is -0.162. The molecule has 2 fully saturated rings. The molecule has 0 spiro atoms. The molecule has 394 valence electrons. The van der Waals surface area contributed by atoms with E-state index in [2.05, 4.69) is 17.2 Å². The number of aryl methyl sites for hydroxylation is 2. The molecule has 0 aliphatic carbocycles. The highest BCUT2D eigenvalue weighted by Crippen LogP contribution is 2.42. The predicted octanol–water partition coefficient (Wildman–Crippen LogP) is 6.80. The molecule has 18 heteroatoms. The molecule has 0 bridgehead atoms. The van der Waals surface area contributed by atoms with Gasteiger partial charge in [0.15, 0.2) is 18.1 Å². The standard InChI is InChI=1S/C56H66N4O14/c1-8-38(37-31-47(68-5)51(70-7)48(32-37)69-6)53(63)59-26-12-11-16-42(59)56(66)74-44(24-22-36-21-19-34(2)46(30-36)67-4)39-14-9-10-17-43(39)73-33-49(61)57-25-27-71-28-29-72-45-18-13-15-40-50(45)55(65)60(54(40)64)41-23-20-35(3)58-52(41)62/h9-10,13-15,17-19,21,30-32,38,41-42,44H,3,8,11-12,16,20,22-29,33H2,1-2,4-7H3,(H,57,61)(H,58,62)/t38-,41?,42-,44+/m0/s1. The van der Waals surface area contributed by atoms with Crippen molar-refractivity contribution in [3.05, 3.63) is 118 Å². The average molecular weight is 1020 g/mol. The molecule has 3 heterocycles. The van der Waals surface area contributed by atoms with Gasteiger partial charge in [0.25, 0.3) is 17.7 Å². The first-order valence-corrected chi connectivity index (χ1v) is 24.9. The molecular weight excluding hydrogens is 953 g/mol. The van der Waals surface area contributed by atoms with Crippen LogP contribution in [0, 0.1) is 6.92 Å². The predicted molar refractivity (Wildman–Crippen MR) is 272 cm³/mol. The van der Waals surface area contributed by atoms with E-state index in [1.807, 2.05) is 38.1 Å². The summed E-state index contributed by atoms with van der Waals surface area (Å²) in [5.74, 6) is -0.850. The van der Waals surface area contributed by atoms with Crippen molar-refractivity contribution in [3.8, 4) is 34.5 Å². The minimum Gasteiger partial charge on any atom is -0.496 e. The molecule has 1 unspecified atom stereocenters. The van der Waals surface area contributed by atoms with Crippen molar-refractivity contribution in [3.63, 3.8) is 0 Å². The van der Waals surface area contributed by atoms with Crippen LogP contribution in [-0.2, 0) is 35.1 Å². The smallest absolute Gasteiger partial charge is 0.329 e. The quantitative estimate of drug-likeness (QED) is 0.0421. The van der Waals surface area contributed by atoms with Crippen LogP contribution in [0.3, 0.4) is 0 Å². The molecule has 4 atom stereocenters. The highest BCUT2D eigenvalue weighted by molar-refractivity contribution is 6.24. The number of esters is 1. The number of methoxy groups -OCH3 is 4. The SMILES string of the molecule is C=C1CCC(N2C(=O)c3cccc(OCCOCCNC(=O)COc4ccccc4[C@@H](CCc4ccc(C)c(OC)c4)OC(=O)[C@@H]4CCCCN4C(=O)[C@@H](CC)c4cc(OC)c(OC)c(OC)c4)c3C2=O)C(=O)N1. The Morgan fingerprint density at radius 2 is 1.54 bits per heavy atom. The molecule has 2 saturated heterocycles. The second-order valence-corrected chi connectivity index (χ2v) is 18.2. The van der Waals surface area contributed by atoms with Gasteiger partial charge in [-0.3, -0.25) is 28.9 Å². The number of amides is 5. The lowest BCUT2D eigenvalue weighted by Gasteiger charge is -2.37. The van der Waals surface area contributed by atoms with Crippen LogP contribution >= 0.6 is 0 Å². The fourth-order valence-corrected chi connectivity index (χ4v) is 9.64. The van der Waals surface area contributed by atoms with Gasteiger partial charge in [-0.1, -0.05) is 49.9 Å². The lowest BCUT2D eigenvalue weighted by Crippen LogP contribution is -2.51. The van der Waals surface area contributed by atoms with Crippen LogP contribution in [0.1, 0.15) is 107 Å². The lowest BCUT2D eigenvalue weighted by atomic mass is 9.91. The van der Waals surface area contributed by atoms with E-state index in [9.17, 15) is 28.8 Å². The Kier molecular flexibility index (Phi) is 18.6. The van der Waals surface area contributed by atoms with E-state index in [-0.39, 0.29) is 62.2 Å². The number of allylic oxidation sites excluding steroid dienone is 1. The van der Waals surface area contributed by atoms with E-state index < -0.39 is 53.7 Å². The Balaban J connectivity index is 0.964. The number of nitrogens with one attached hydrogen (secondary N) is 2. The van der Waals surface area contributed by atoms with Crippen LogP contribution in [0.15, 0.2) is 85.1 Å². The maximum Gasteiger partial charge on any atom is 0.329 e. The van der Waals surface area contributed by atoms with Crippen molar-refractivity contribution >= 4 is 35.5 Å². The molecule has 2 N–H and O–H groups in total. The first kappa shape index (κ1) is 54.2. The van der Waals surface area contributed by atoms with Crippen molar-refractivity contribution in [1.29, 1.82) is 0 Å². The zero-order valence-electron chi connectivity index (χ0n) is 43.0. The number of benzene rings is 4. The number of rotatable bonds is 24. The molecule has 3 aliphatic rings. The van der Waals surface area contributed by atoms with Crippen molar-refractivity contribution in [2.75, 3.05) is 68.0 Å². The van der Waals surface area contributed by atoms with Crippen molar-refractivity contribution in [2.24, 2.45) is 0 Å². The van der Waals surface area contributed by atoms with Gasteiger partial charge in [0.05, 0.1) is 58.7 Å². The number of fused-ring (bicyclic) bond motifs is 1. The number of ether oxygens (including phenoxy) is 8. The number of carbonyl (C=O) groups excluding carboxylic acids is 6. The molecule has 0 radical (unpaired) electrons. The minimum atomic E-state index is -0.942. The van der Waals surface area contributed by atoms with Crippen LogP contribution < -0.4 is 39.1 Å². The van der Waals surface area contributed by atoms with E-state index in [0.29, 0.717) is 78.5 Å². The molecule has 4 aromatic carbocycles. The second-order valence-electron chi connectivity index (χ2n) is 18.2. The molecule has 7 rings (SSSR count).